The Balaban J connectivity index is 1.58. The van der Waals surface area contributed by atoms with Crippen molar-refractivity contribution in [3.8, 4) is 22.5 Å². The fourth-order valence-corrected chi connectivity index (χ4v) is 4.76. The van der Waals surface area contributed by atoms with Gasteiger partial charge in [-0.25, -0.2) is 9.18 Å². The number of aliphatic carboxylic acids is 1. The molecule has 0 aliphatic heterocycles. The van der Waals surface area contributed by atoms with Gasteiger partial charge in [0, 0.05) is 11.1 Å². The number of furan rings is 1. The van der Waals surface area contributed by atoms with Crippen LogP contribution in [0, 0.1) is 5.82 Å². The largest absolute Gasteiger partial charge is 0.480 e. The Kier molecular flexibility index (Phi) is 10.1. The molecule has 11 heteroatoms. The lowest BCUT2D eigenvalue weighted by atomic mass is 9.93. The van der Waals surface area contributed by atoms with Gasteiger partial charge in [0.2, 0.25) is 0 Å². The van der Waals surface area contributed by atoms with E-state index in [4.69, 9.17) is 9.15 Å². The highest BCUT2D eigenvalue weighted by Crippen LogP contribution is 2.38. The third kappa shape index (κ3) is 7.80. The van der Waals surface area contributed by atoms with Gasteiger partial charge >= 0.3 is 12.1 Å². The monoisotopic (exact) mass is 601 g/mol. The summed E-state index contributed by atoms with van der Waals surface area (Å²) in [6.07, 6.45) is -2.75. The van der Waals surface area contributed by atoms with Crippen molar-refractivity contribution >= 4 is 23.6 Å². The van der Waals surface area contributed by atoms with Crippen molar-refractivity contribution in [2.24, 2.45) is 0 Å². The minimum absolute atomic E-state index is 0.00729. The molecule has 0 aliphatic rings. The summed E-state index contributed by atoms with van der Waals surface area (Å²) in [4.78, 5) is 24.9. The van der Waals surface area contributed by atoms with E-state index in [1.807, 2.05) is 0 Å². The molecule has 0 aliphatic carbocycles. The van der Waals surface area contributed by atoms with Crippen molar-refractivity contribution < 1.29 is 41.4 Å². The van der Waals surface area contributed by atoms with Crippen LogP contribution in [-0.2, 0) is 28.9 Å². The zero-order chi connectivity index (χ0) is 30.3. The van der Waals surface area contributed by atoms with E-state index in [0.717, 1.165) is 6.07 Å². The highest BCUT2D eigenvalue weighted by Gasteiger charge is 2.34. The van der Waals surface area contributed by atoms with E-state index in [1.54, 1.807) is 36.6 Å². The van der Waals surface area contributed by atoms with Gasteiger partial charge < -0.3 is 19.6 Å². The van der Waals surface area contributed by atoms with Gasteiger partial charge in [0.25, 0.3) is 5.91 Å². The van der Waals surface area contributed by atoms with Crippen LogP contribution in [0.5, 0.6) is 0 Å². The molecule has 0 saturated carbocycles. The smallest absolute Gasteiger partial charge is 0.417 e. The molecule has 0 spiro atoms. The summed E-state index contributed by atoms with van der Waals surface area (Å²) >= 11 is 1.41. The maximum absolute atomic E-state index is 13.9. The maximum atomic E-state index is 13.9. The fourth-order valence-electron chi connectivity index (χ4n) is 4.29. The molecule has 1 amide bonds. The number of ether oxygens (including phenoxy) is 1. The van der Waals surface area contributed by atoms with Crippen LogP contribution in [0.3, 0.4) is 0 Å². The number of nitrogens with one attached hydrogen (secondary N) is 1. The molecule has 0 saturated heterocycles. The molecule has 2 N–H and O–H groups in total. The van der Waals surface area contributed by atoms with Gasteiger partial charge in [-0.1, -0.05) is 24.3 Å². The second-order valence-corrected chi connectivity index (χ2v) is 10.3. The topological polar surface area (TPSA) is 88.8 Å². The first-order valence-electron chi connectivity index (χ1n) is 12.8. The molecule has 1 heterocycles. The standard InChI is InChI=1S/C31H27F4NO5S/c1-42-15-14-27(30(38)39)36-29(37)24-12-6-19(16-25(24)23-4-2-3-5-26(23)31(33,34)35)17-40-18-22-11-13-28(41-22)20-7-9-21(32)10-8-20/h2-13,16,27H,14-15,17-18H2,1H3,(H,36,37)(H,38,39)/t27-/m0/s1. The summed E-state index contributed by atoms with van der Waals surface area (Å²) in [7, 11) is 0. The minimum atomic E-state index is -4.69. The lowest BCUT2D eigenvalue weighted by molar-refractivity contribution is -0.139. The molecule has 1 atom stereocenters. The molecule has 1 aromatic heterocycles. The van der Waals surface area contributed by atoms with E-state index in [0.29, 0.717) is 28.4 Å². The second-order valence-electron chi connectivity index (χ2n) is 9.33. The second kappa shape index (κ2) is 13.7. The van der Waals surface area contributed by atoms with Crippen LogP contribution >= 0.6 is 11.8 Å². The molecule has 6 nitrogen and oxygen atoms in total. The molecule has 4 aromatic rings. The number of hydrogen-bond acceptors (Lipinski definition) is 5. The van der Waals surface area contributed by atoms with Crippen molar-refractivity contribution in [1.29, 1.82) is 0 Å². The molecule has 220 valence electrons. The number of carbonyl (C=O) groups is 2. The van der Waals surface area contributed by atoms with Gasteiger partial charge in [-0.2, -0.15) is 24.9 Å². The SMILES string of the molecule is CSCC[C@H](NC(=O)c1ccc(COCc2ccc(-c3ccc(F)cc3)o2)cc1-c1ccccc1C(F)(F)F)C(=O)O. The van der Waals surface area contributed by atoms with Crippen molar-refractivity contribution in [3.05, 3.63) is 107 Å². The predicted octanol–water partition coefficient (Wildman–Crippen LogP) is 7.42. The molecule has 0 unspecified atom stereocenters. The Bertz CT molecular complexity index is 1540. The number of carboxylic acids is 1. The zero-order valence-corrected chi connectivity index (χ0v) is 23.2. The van der Waals surface area contributed by atoms with Crippen molar-refractivity contribution in [3.63, 3.8) is 0 Å². The van der Waals surface area contributed by atoms with Crippen LogP contribution in [-0.4, -0.2) is 35.0 Å². The third-order valence-electron chi connectivity index (χ3n) is 6.37. The number of benzene rings is 3. The average Bonchev–Trinajstić information content (AvgIpc) is 3.43. The van der Waals surface area contributed by atoms with Gasteiger partial charge in [-0.05, 0) is 89.7 Å². The first-order chi connectivity index (χ1) is 20.1. The van der Waals surface area contributed by atoms with Gasteiger partial charge in [0.15, 0.2) is 0 Å². The lowest BCUT2D eigenvalue weighted by Crippen LogP contribution is -2.41. The highest BCUT2D eigenvalue weighted by atomic mass is 32.2. The summed E-state index contributed by atoms with van der Waals surface area (Å²) < 4.78 is 66.5. The first-order valence-corrected chi connectivity index (χ1v) is 14.2. The van der Waals surface area contributed by atoms with Gasteiger partial charge in [-0.15, -0.1) is 0 Å². The van der Waals surface area contributed by atoms with Crippen LogP contribution in [0.4, 0.5) is 17.6 Å². The van der Waals surface area contributed by atoms with Crippen LogP contribution in [0.25, 0.3) is 22.5 Å². The summed E-state index contributed by atoms with van der Waals surface area (Å²) in [5.41, 5.74) is -0.0850. The molecule has 3 aromatic carbocycles. The summed E-state index contributed by atoms with van der Waals surface area (Å²) in [6, 6.07) is 17.2. The highest BCUT2D eigenvalue weighted by molar-refractivity contribution is 7.98. The Labute approximate surface area is 243 Å². The lowest BCUT2D eigenvalue weighted by Gasteiger charge is -2.19. The number of halogens is 4. The number of alkyl halides is 3. The van der Waals surface area contributed by atoms with E-state index < -0.39 is 29.7 Å². The molecular formula is C31H27F4NO5S. The molecule has 0 bridgehead atoms. The number of carboxylic acid groups (broad SMARTS) is 1. The molecule has 4 rings (SSSR count). The maximum Gasteiger partial charge on any atom is 0.417 e. The quantitative estimate of drug-likeness (QED) is 0.164. The number of rotatable bonds is 12. The predicted molar refractivity (Wildman–Crippen MR) is 151 cm³/mol. The molecule has 0 radical (unpaired) electrons. The van der Waals surface area contributed by atoms with E-state index in [2.05, 4.69) is 5.32 Å². The number of hydrogen-bond donors (Lipinski definition) is 2. The Hall–Kier alpha value is -4.09. The molecule has 42 heavy (non-hydrogen) atoms. The number of amides is 1. The first kappa shape index (κ1) is 30.9. The Morgan fingerprint density at radius 2 is 1.71 bits per heavy atom. The molecule has 0 fully saturated rings. The summed E-state index contributed by atoms with van der Waals surface area (Å²) in [5.74, 6) is -0.928. The zero-order valence-electron chi connectivity index (χ0n) is 22.4. The van der Waals surface area contributed by atoms with Crippen LogP contribution < -0.4 is 5.32 Å². The number of carbonyl (C=O) groups excluding carboxylic acids is 1. The fraction of sp³-hybridized carbons (Fsp3) is 0.226. The van der Waals surface area contributed by atoms with E-state index in [9.17, 15) is 32.3 Å². The van der Waals surface area contributed by atoms with Gasteiger partial charge in [0.1, 0.15) is 30.0 Å². The Morgan fingerprint density at radius 1 is 0.976 bits per heavy atom. The van der Waals surface area contributed by atoms with Crippen LogP contribution in [0.2, 0.25) is 0 Å². The van der Waals surface area contributed by atoms with E-state index in [-0.39, 0.29) is 42.1 Å². The Morgan fingerprint density at radius 3 is 2.40 bits per heavy atom. The van der Waals surface area contributed by atoms with Crippen LogP contribution in [0.15, 0.2) is 83.3 Å². The minimum Gasteiger partial charge on any atom is -0.480 e. The normalized spacial score (nSPS) is 12.2. The third-order valence-corrected chi connectivity index (χ3v) is 7.01. The van der Waals surface area contributed by atoms with Crippen molar-refractivity contribution in [1.82, 2.24) is 5.32 Å². The number of thioether (sulfide) groups is 1. The van der Waals surface area contributed by atoms with Gasteiger partial charge in [-0.3, -0.25) is 4.79 Å². The van der Waals surface area contributed by atoms with E-state index in [1.165, 1.54) is 54.2 Å². The summed E-state index contributed by atoms with van der Waals surface area (Å²) in [6.45, 7) is 0.0365. The average molecular weight is 602 g/mol. The van der Waals surface area contributed by atoms with Crippen LogP contribution in [0.1, 0.15) is 33.7 Å². The summed E-state index contributed by atoms with van der Waals surface area (Å²) in [5, 5.41) is 12.0. The van der Waals surface area contributed by atoms with Gasteiger partial charge in [0.05, 0.1) is 12.2 Å². The van der Waals surface area contributed by atoms with Crippen molar-refractivity contribution in [2.45, 2.75) is 31.9 Å². The van der Waals surface area contributed by atoms with Crippen molar-refractivity contribution in [2.75, 3.05) is 12.0 Å². The molecular weight excluding hydrogens is 574 g/mol. The van der Waals surface area contributed by atoms with E-state index >= 15 is 0 Å².